The Hall–Kier alpha value is -1.44. The molecule has 0 heterocycles. The molecule has 0 aliphatic carbocycles. The lowest BCUT2D eigenvalue weighted by atomic mass is 10.3. The van der Waals surface area contributed by atoms with E-state index in [2.05, 4.69) is 4.74 Å². The van der Waals surface area contributed by atoms with Gasteiger partial charge in [-0.3, -0.25) is 0 Å². The zero-order valence-corrected chi connectivity index (χ0v) is 8.76. The van der Waals surface area contributed by atoms with Crippen molar-refractivity contribution in [1.29, 1.82) is 0 Å². The Morgan fingerprint density at radius 1 is 1.31 bits per heavy atom. The van der Waals surface area contributed by atoms with E-state index in [4.69, 9.17) is 5.11 Å². The van der Waals surface area contributed by atoms with E-state index in [0.717, 1.165) is 13.2 Å². The van der Waals surface area contributed by atoms with E-state index in [9.17, 15) is 21.6 Å². The lowest BCUT2D eigenvalue weighted by Gasteiger charge is -2.09. The first-order chi connectivity index (χ1) is 7.20. The lowest BCUT2D eigenvalue weighted by molar-refractivity contribution is -0.0436. The molecule has 0 radical (unpaired) electrons. The van der Waals surface area contributed by atoms with Gasteiger partial charge in [0, 0.05) is 6.07 Å². The lowest BCUT2D eigenvalue weighted by Crippen LogP contribution is -2.23. The van der Waals surface area contributed by atoms with Crippen LogP contribution in [0.3, 0.4) is 0 Å². The van der Waals surface area contributed by atoms with E-state index in [1.807, 2.05) is 0 Å². The monoisotopic (exact) mass is 256 g/mol. The van der Waals surface area contributed by atoms with Gasteiger partial charge in [0.15, 0.2) is 11.5 Å². The van der Waals surface area contributed by atoms with Crippen molar-refractivity contribution in [2.75, 3.05) is 7.11 Å². The van der Waals surface area contributed by atoms with Gasteiger partial charge in [0.2, 0.25) is 0 Å². The summed E-state index contributed by atoms with van der Waals surface area (Å²) in [6, 6.07) is 2.08. The number of ether oxygens (including phenoxy) is 1. The van der Waals surface area contributed by atoms with Gasteiger partial charge in [0.1, 0.15) is 0 Å². The zero-order valence-electron chi connectivity index (χ0n) is 7.95. The van der Waals surface area contributed by atoms with Gasteiger partial charge in [-0.05, 0) is 12.1 Å². The van der Waals surface area contributed by atoms with E-state index in [1.54, 1.807) is 0 Å². The third kappa shape index (κ3) is 2.06. The molecule has 0 saturated carbocycles. The molecule has 0 amide bonds. The van der Waals surface area contributed by atoms with Crippen LogP contribution >= 0.6 is 0 Å². The molecule has 90 valence electrons. The Kier molecular flexibility index (Phi) is 3.04. The first-order valence-electron chi connectivity index (χ1n) is 3.88. The molecule has 0 saturated heterocycles. The molecular formula is C8H7F3O4S. The number of hydrogen-bond acceptors (Lipinski definition) is 4. The Morgan fingerprint density at radius 2 is 1.88 bits per heavy atom. The number of rotatable bonds is 2. The van der Waals surface area contributed by atoms with Gasteiger partial charge in [-0.15, -0.1) is 0 Å². The van der Waals surface area contributed by atoms with Gasteiger partial charge in [-0.1, -0.05) is 0 Å². The normalized spacial score (nSPS) is 12.5. The maximum Gasteiger partial charge on any atom is 0.501 e. The largest absolute Gasteiger partial charge is 0.504 e. The van der Waals surface area contributed by atoms with Gasteiger partial charge in [0.25, 0.3) is 9.84 Å². The van der Waals surface area contributed by atoms with Crippen molar-refractivity contribution in [3.63, 3.8) is 0 Å². The molecule has 0 fully saturated rings. The number of aromatic hydroxyl groups is 1. The number of halogens is 3. The van der Waals surface area contributed by atoms with Crippen LogP contribution in [0.5, 0.6) is 11.5 Å². The highest BCUT2D eigenvalue weighted by Gasteiger charge is 2.47. The Balaban J connectivity index is 3.36. The maximum atomic E-state index is 12.2. The number of phenols is 1. The predicted octanol–water partition coefficient (Wildman–Crippen LogP) is 1.69. The highest BCUT2D eigenvalue weighted by atomic mass is 32.2. The molecule has 0 aliphatic rings. The van der Waals surface area contributed by atoms with Crippen molar-refractivity contribution in [3.05, 3.63) is 18.2 Å². The number of sulfone groups is 1. The standard InChI is InChI=1S/C8H7F3O4S/c1-15-7-4-5(2-3-6(7)12)16(13,14)8(9,10)11/h2-4,12H,1H3. The second-order valence-corrected chi connectivity index (χ2v) is 4.72. The summed E-state index contributed by atoms with van der Waals surface area (Å²) >= 11 is 0. The molecule has 0 aromatic heterocycles. The minimum atomic E-state index is -5.42. The van der Waals surface area contributed by atoms with Crippen LogP contribution in [0.1, 0.15) is 0 Å². The molecule has 0 aliphatic heterocycles. The molecule has 0 spiro atoms. The first-order valence-corrected chi connectivity index (χ1v) is 5.37. The molecule has 0 atom stereocenters. The molecule has 1 rings (SSSR count). The molecule has 1 aromatic rings. The van der Waals surface area contributed by atoms with Crippen molar-refractivity contribution in [2.45, 2.75) is 10.4 Å². The average molecular weight is 256 g/mol. The molecule has 0 bridgehead atoms. The summed E-state index contributed by atoms with van der Waals surface area (Å²) in [7, 11) is -4.32. The molecule has 16 heavy (non-hydrogen) atoms. The van der Waals surface area contributed by atoms with E-state index in [1.165, 1.54) is 0 Å². The van der Waals surface area contributed by atoms with Gasteiger partial charge in [-0.2, -0.15) is 13.2 Å². The Labute approximate surface area is 89.2 Å². The summed E-state index contributed by atoms with van der Waals surface area (Å²) < 4.78 is 62.9. The molecule has 1 aromatic carbocycles. The number of alkyl halides is 3. The van der Waals surface area contributed by atoms with Crippen LogP contribution in [0.2, 0.25) is 0 Å². The summed E-state index contributed by atoms with van der Waals surface area (Å²) in [5.41, 5.74) is -5.38. The van der Waals surface area contributed by atoms with Crippen LogP contribution in [-0.2, 0) is 9.84 Å². The molecule has 0 unspecified atom stereocenters. The molecule has 1 N–H and O–H groups in total. The average Bonchev–Trinajstić information content (AvgIpc) is 2.16. The summed E-state index contributed by atoms with van der Waals surface area (Å²) in [6.45, 7) is 0. The quantitative estimate of drug-likeness (QED) is 0.874. The minimum Gasteiger partial charge on any atom is -0.504 e. The van der Waals surface area contributed by atoms with Crippen LogP contribution in [0.15, 0.2) is 23.1 Å². The fourth-order valence-electron chi connectivity index (χ4n) is 0.959. The smallest absolute Gasteiger partial charge is 0.501 e. The Morgan fingerprint density at radius 3 is 2.31 bits per heavy atom. The summed E-state index contributed by atoms with van der Waals surface area (Å²) in [5.74, 6) is -0.783. The van der Waals surface area contributed by atoms with Crippen molar-refractivity contribution < 1.29 is 31.4 Å². The highest BCUT2D eigenvalue weighted by Crippen LogP contribution is 2.34. The predicted molar refractivity (Wildman–Crippen MR) is 47.9 cm³/mol. The van der Waals surface area contributed by atoms with Gasteiger partial charge in [-0.25, -0.2) is 8.42 Å². The second kappa shape index (κ2) is 3.85. The van der Waals surface area contributed by atoms with Crippen LogP contribution in [-0.4, -0.2) is 26.1 Å². The molecule has 8 heteroatoms. The van der Waals surface area contributed by atoms with Crippen LogP contribution in [0.4, 0.5) is 13.2 Å². The summed E-state index contributed by atoms with van der Waals surface area (Å²) in [6.07, 6.45) is 0. The summed E-state index contributed by atoms with van der Waals surface area (Å²) in [4.78, 5) is -0.977. The van der Waals surface area contributed by atoms with Crippen molar-refractivity contribution in [1.82, 2.24) is 0 Å². The van der Waals surface area contributed by atoms with Gasteiger partial charge in [0.05, 0.1) is 12.0 Å². The van der Waals surface area contributed by atoms with E-state index in [-0.39, 0.29) is 5.75 Å². The Bertz CT molecular complexity index is 492. The number of hydrogen-bond donors (Lipinski definition) is 1. The topological polar surface area (TPSA) is 63.6 Å². The summed E-state index contributed by atoms with van der Waals surface area (Å²) in [5, 5.41) is 9.10. The van der Waals surface area contributed by atoms with Crippen LogP contribution < -0.4 is 4.74 Å². The molecular weight excluding hydrogens is 249 g/mol. The number of methoxy groups -OCH3 is 1. The number of benzene rings is 1. The third-order valence-electron chi connectivity index (χ3n) is 1.77. The molecule has 4 nitrogen and oxygen atoms in total. The third-order valence-corrected chi connectivity index (χ3v) is 3.25. The highest BCUT2D eigenvalue weighted by molar-refractivity contribution is 7.92. The van der Waals surface area contributed by atoms with Gasteiger partial charge < -0.3 is 9.84 Å². The van der Waals surface area contributed by atoms with E-state index >= 15 is 0 Å². The van der Waals surface area contributed by atoms with Gasteiger partial charge >= 0.3 is 5.51 Å². The van der Waals surface area contributed by atoms with E-state index in [0.29, 0.717) is 12.1 Å². The van der Waals surface area contributed by atoms with Crippen molar-refractivity contribution in [3.8, 4) is 11.5 Å². The zero-order chi connectivity index (χ0) is 12.6. The fourth-order valence-corrected chi connectivity index (χ4v) is 1.74. The fraction of sp³-hybridized carbons (Fsp3) is 0.250. The van der Waals surface area contributed by atoms with E-state index < -0.39 is 26.0 Å². The minimum absolute atomic E-state index is 0.342. The second-order valence-electron chi connectivity index (χ2n) is 2.78. The van der Waals surface area contributed by atoms with Crippen molar-refractivity contribution in [2.24, 2.45) is 0 Å². The van der Waals surface area contributed by atoms with Crippen LogP contribution in [0.25, 0.3) is 0 Å². The number of phenolic OH excluding ortho intramolecular Hbond substituents is 1. The first kappa shape index (κ1) is 12.6. The van der Waals surface area contributed by atoms with Crippen molar-refractivity contribution >= 4 is 9.84 Å². The van der Waals surface area contributed by atoms with Crippen LogP contribution in [0, 0.1) is 0 Å². The SMILES string of the molecule is COc1cc(S(=O)(=O)C(F)(F)F)ccc1O. The maximum absolute atomic E-state index is 12.2.